The first-order valence-electron chi connectivity index (χ1n) is 6.59. The van der Waals surface area contributed by atoms with Crippen LogP contribution in [0.3, 0.4) is 0 Å². The number of benzene rings is 1. The first-order valence-corrected chi connectivity index (χ1v) is 6.59. The first kappa shape index (κ1) is 12.7. The number of hydrogen-bond donors (Lipinski definition) is 0. The fourth-order valence-corrected chi connectivity index (χ4v) is 2.52. The minimum Gasteiger partial charge on any atom is -0.465 e. The van der Waals surface area contributed by atoms with E-state index in [1.54, 1.807) is 0 Å². The van der Waals surface area contributed by atoms with E-state index < -0.39 is 0 Å². The van der Waals surface area contributed by atoms with E-state index in [0.717, 1.165) is 36.1 Å². The first-order chi connectivity index (χ1) is 9.76. The van der Waals surface area contributed by atoms with Crippen LogP contribution in [0.4, 0.5) is 5.69 Å². The van der Waals surface area contributed by atoms with Gasteiger partial charge in [0.2, 0.25) is 0 Å². The Morgan fingerprint density at radius 1 is 1.35 bits per heavy atom. The SMILES string of the molecule is COC(=O)C1=CC(=C2CC2)N(CC=O)c2ccccc21. The summed E-state index contributed by atoms with van der Waals surface area (Å²) in [6.07, 6.45) is 4.78. The van der Waals surface area contributed by atoms with E-state index in [0.29, 0.717) is 12.1 Å². The molecule has 2 aliphatic rings. The molecule has 3 rings (SSSR count). The number of ether oxygens (including phenoxy) is 1. The van der Waals surface area contributed by atoms with Crippen LogP contribution >= 0.6 is 0 Å². The Labute approximate surface area is 117 Å². The predicted octanol–water partition coefficient (Wildman–Crippen LogP) is 2.31. The van der Waals surface area contributed by atoms with E-state index in [9.17, 15) is 9.59 Å². The van der Waals surface area contributed by atoms with Crippen LogP contribution in [-0.4, -0.2) is 25.9 Å². The Morgan fingerprint density at radius 3 is 2.75 bits per heavy atom. The number of anilines is 1. The van der Waals surface area contributed by atoms with E-state index in [-0.39, 0.29) is 5.97 Å². The number of carbonyl (C=O) groups is 2. The van der Waals surface area contributed by atoms with Gasteiger partial charge in [0.15, 0.2) is 0 Å². The van der Waals surface area contributed by atoms with Crippen molar-refractivity contribution in [1.82, 2.24) is 0 Å². The number of fused-ring (bicyclic) bond motifs is 1. The molecule has 0 saturated heterocycles. The fourth-order valence-electron chi connectivity index (χ4n) is 2.52. The van der Waals surface area contributed by atoms with Crippen molar-refractivity contribution in [2.24, 2.45) is 0 Å². The van der Waals surface area contributed by atoms with E-state index in [1.807, 2.05) is 35.2 Å². The Bertz CT molecular complexity index is 637. The van der Waals surface area contributed by atoms with Crippen molar-refractivity contribution in [3.63, 3.8) is 0 Å². The summed E-state index contributed by atoms with van der Waals surface area (Å²) in [5.41, 5.74) is 4.50. The zero-order valence-electron chi connectivity index (χ0n) is 11.3. The topological polar surface area (TPSA) is 46.6 Å². The molecule has 1 aromatic carbocycles. The molecule has 0 radical (unpaired) electrons. The van der Waals surface area contributed by atoms with Crippen molar-refractivity contribution >= 4 is 23.5 Å². The second-order valence-corrected chi connectivity index (χ2v) is 4.83. The molecule has 0 atom stereocenters. The summed E-state index contributed by atoms with van der Waals surface area (Å²) in [5, 5.41) is 0. The van der Waals surface area contributed by atoms with Gasteiger partial charge in [0.25, 0.3) is 0 Å². The van der Waals surface area contributed by atoms with Gasteiger partial charge in [0, 0.05) is 16.9 Å². The monoisotopic (exact) mass is 269 g/mol. The number of aldehydes is 1. The van der Waals surface area contributed by atoms with Crippen LogP contribution in [0, 0.1) is 0 Å². The van der Waals surface area contributed by atoms with Crippen LogP contribution in [0.2, 0.25) is 0 Å². The van der Waals surface area contributed by atoms with Gasteiger partial charge < -0.3 is 14.4 Å². The molecular formula is C16H15NO3. The van der Waals surface area contributed by atoms with Gasteiger partial charge in [-0.1, -0.05) is 18.2 Å². The summed E-state index contributed by atoms with van der Waals surface area (Å²) in [4.78, 5) is 24.9. The van der Waals surface area contributed by atoms with Crippen molar-refractivity contribution in [3.8, 4) is 0 Å². The highest BCUT2D eigenvalue weighted by molar-refractivity contribution is 6.20. The predicted molar refractivity (Wildman–Crippen MR) is 76.1 cm³/mol. The average Bonchev–Trinajstić information content (AvgIpc) is 3.31. The normalized spacial score (nSPS) is 16.4. The lowest BCUT2D eigenvalue weighted by Gasteiger charge is -2.31. The van der Waals surface area contributed by atoms with E-state index in [4.69, 9.17) is 4.74 Å². The minimum absolute atomic E-state index is 0.292. The Kier molecular flexibility index (Phi) is 3.14. The number of esters is 1. The molecule has 20 heavy (non-hydrogen) atoms. The lowest BCUT2D eigenvalue weighted by Crippen LogP contribution is -2.28. The molecule has 102 valence electrons. The van der Waals surface area contributed by atoms with Gasteiger partial charge in [-0.15, -0.1) is 0 Å². The molecule has 1 fully saturated rings. The van der Waals surface area contributed by atoms with Crippen molar-refractivity contribution in [2.45, 2.75) is 12.8 Å². The molecule has 4 nitrogen and oxygen atoms in total. The van der Waals surface area contributed by atoms with Gasteiger partial charge in [-0.2, -0.15) is 0 Å². The molecular weight excluding hydrogens is 254 g/mol. The largest absolute Gasteiger partial charge is 0.465 e. The maximum absolute atomic E-state index is 12.0. The third kappa shape index (κ3) is 2.03. The lowest BCUT2D eigenvalue weighted by atomic mass is 9.97. The molecule has 0 N–H and O–H groups in total. The molecule has 1 aliphatic heterocycles. The summed E-state index contributed by atoms with van der Waals surface area (Å²) in [5.74, 6) is -0.345. The van der Waals surface area contributed by atoms with E-state index in [1.165, 1.54) is 12.7 Å². The van der Waals surface area contributed by atoms with Crippen LogP contribution < -0.4 is 4.90 Å². The van der Waals surface area contributed by atoms with Crippen molar-refractivity contribution in [1.29, 1.82) is 0 Å². The van der Waals surface area contributed by atoms with Crippen molar-refractivity contribution < 1.29 is 14.3 Å². The van der Waals surface area contributed by atoms with Gasteiger partial charge in [-0.25, -0.2) is 4.79 Å². The third-order valence-corrected chi connectivity index (χ3v) is 3.58. The number of para-hydroxylation sites is 1. The number of nitrogens with zero attached hydrogens (tertiary/aromatic N) is 1. The highest BCUT2D eigenvalue weighted by Gasteiger charge is 2.30. The van der Waals surface area contributed by atoms with Gasteiger partial charge in [-0.05, 0) is 30.6 Å². The Morgan fingerprint density at radius 2 is 2.10 bits per heavy atom. The number of rotatable bonds is 3. The maximum Gasteiger partial charge on any atom is 0.338 e. The maximum atomic E-state index is 12.0. The van der Waals surface area contributed by atoms with E-state index >= 15 is 0 Å². The van der Waals surface area contributed by atoms with Crippen LogP contribution in [0.25, 0.3) is 5.57 Å². The molecule has 0 bridgehead atoms. The molecule has 4 heteroatoms. The standard InChI is InChI=1S/C16H15NO3/c1-20-16(19)13-10-15(11-6-7-11)17(8-9-18)14-5-3-2-4-12(13)14/h2-5,9-10H,6-8H2,1H3. The summed E-state index contributed by atoms with van der Waals surface area (Å²) in [7, 11) is 1.38. The second-order valence-electron chi connectivity index (χ2n) is 4.83. The minimum atomic E-state index is -0.345. The number of methoxy groups -OCH3 is 1. The van der Waals surface area contributed by atoms with Gasteiger partial charge >= 0.3 is 5.97 Å². The second kappa shape index (κ2) is 4.96. The molecule has 0 aromatic heterocycles. The van der Waals surface area contributed by atoms with E-state index in [2.05, 4.69) is 0 Å². The van der Waals surface area contributed by atoms with Gasteiger partial charge in [0.05, 0.1) is 19.2 Å². The van der Waals surface area contributed by atoms with Crippen LogP contribution in [-0.2, 0) is 14.3 Å². The van der Waals surface area contributed by atoms with Crippen LogP contribution in [0.15, 0.2) is 41.6 Å². The molecule has 1 aromatic rings. The Balaban J connectivity index is 2.18. The number of hydrogen-bond acceptors (Lipinski definition) is 4. The third-order valence-electron chi connectivity index (χ3n) is 3.58. The fraction of sp³-hybridized carbons (Fsp3) is 0.250. The highest BCUT2D eigenvalue weighted by Crippen LogP contribution is 2.42. The van der Waals surface area contributed by atoms with Gasteiger partial charge in [0.1, 0.15) is 6.29 Å². The zero-order valence-corrected chi connectivity index (χ0v) is 11.3. The highest BCUT2D eigenvalue weighted by atomic mass is 16.5. The zero-order chi connectivity index (χ0) is 14.1. The van der Waals surface area contributed by atoms with Crippen LogP contribution in [0.1, 0.15) is 18.4 Å². The molecule has 0 spiro atoms. The summed E-state index contributed by atoms with van der Waals surface area (Å²) in [6.45, 7) is 0.292. The molecule has 1 saturated carbocycles. The molecule has 1 heterocycles. The van der Waals surface area contributed by atoms with Crippen molar-refractivity contribution in [3.05, 3.63) is 47.2 Å². The lowest BCUT2D eigenvalue weighted by molar-refractivity contribution is -0.133. The summed E-state index contributed by atoms with van der Waals surface area (Å²) >= 11 is 0. The smallest absolute Gasteiger partial charge is 0.338 e. The van der Waals surface area contributed by atoms with Crippen molar-refractivity contribution in [2.75, 3.05) is 18.6 Å². The number of allylic oxidation sites excluding steroid dienone is 2. The van der Waals surface area contributed by atoms with Crippen LogP contribution in [0.5, 0.6) is 0 Å². The Hall–Kier alpha value is -2.36. The average molecular weight is 269 g/mol. The molecule has 0 amide bonds. The number of carbonyl (C=O) groups excluding carboxylic acids is 2. The quantitative estimate of drug-likeness (QED) is 0.624. The summed E-state index contributed by atoms with van der Waals surface area (Å²) in [6, 6.07) is 7.60. The molecule has 0 unspecified atom stereocenters. The molecule has 1 aliphatic carbocycles. The van der Waals surface area contributed by atoms with Gasteiger partial charge in [-0.3, -0.25) is 0 Å². The summed E-state index contributed by atoms with van der Waals surface area (Å²) < 4.78 is 4.87.